The highest BCUT2D eigenvalue weighted by molar-refractivity contribution is 8.00. The molecule has 1 aliphatic heterocycles. The molecule has 0 unspecified atom stereocenters. The van der Waals surface area contributed by atoms with Crippen molar-refractivity contribution in [3.8, 4) is 0 Å². The largest absolute Gasteiger partial charge is 0.462 e. The van der Waals surface area contributed by atoms with Crippen LogP contribution in [0.25, 0.3) is 0 Å². The van der Waals surface area contributed by atoms with E-state index in [1.165, 1.54) is 6.92 Å². The van der Waals surface area contributed by atoms with Gasteiger partial charge in [-0.2, -0.15) is 11.8 Å². The van der Waals surface area contributed by atoms with Crippen molar-refractivity contribution in [2.75, 3.05) is 5.75 Å². The Kier molecular flexibility index (Phi) is 2.60. The third kappa shape index (κ3) is 2.21. The van der Waals surface area contributed by atoms with Gasteiger partial charge < -0.3 is 4.74 Å². The van der Waals surface area contributed by atoms with Crippen LogP contribution in [-0.4, -0.2) is 23.1 Å². The number of ether oxygens (including phenoxy) is 1. The Bertz CT molecular complexity index is 136. The molecule has 0 bridgehead atoms. The second kappa shape index (κ2) is 3.28. The minimum Gasteiger partial charge on any atom is -0.462 e. The molecular weight excluding hydrogens is 148 g/mol. The van der Waals surface area contributed by atoms with Crippen LogP contribution >= 0.6 is 11.8 Å². The molecule has 2 nitrogen and oxygen atoms in total. The van der Waals surface area contributed by atoms with E-state index in [2.05, 4.69) is 6.92 Å². The normalized spacial score (nSPS) is 32.2. The van der Waals surface area contributed by atoms with Gasteiger partial charge in [0.1, 0.15) is 6.10 Å². The molecule has 0 aliphatic carbocycles. The predicted octanol–water partition coefficient (Wildman–Crippen LogP) is 1.44. The van der Waals surface area contributed by atoms with Crippen LogP contribution in [0.1, 0.15) is 20.3 Å². The molecule has 1 rings (SSSR count). The molecule has 0 saturated carbocycles. The van der Waals surface area contributed by atoms with Crippen LogP contribution in [0.5, 0.6) is 0 Å². The first-order valence-corrected chi connectivity index (χ1v) is 4.52. The molecule has 1 saturated heterocycles. The van der Waals surface area contributed by atoms with E-state index < -0.39 is 0 Å². The Balaban J connectivity index is 2.24. The minimum atomic E-state index is -0.153. The van der Waals surface area contributed by atoms with Gasteiger partial charge in [-0.1, -0.05) is 6.92 Å². The molecule has 0 aromatic carbocycles. The summed E-state index contributed by atoms with van der Waals surface area (Å²) in [5.74, 6) is 0.820. The smallest absolute Gasteiger partial charge is 0.302 e. The summed E-state index contributed by atoms with van der Waals surface area (Å²) in [5.41, 5.74) is 0. The Morgan fingerprint density at radius 2 is 2.40 bits per heavy atom. The lowest BCUT2D eigenvalue weighted by Crippen LogP contribution is -2.15. The van der Waals surface area contributed by atoms with Crippen LogP contribution in [0, 0.1) is 0 Å². The Labute approximate surface area is 65.3 Å². The zero-order valence-electron chi connectivity index (χ0n) is 6.29. The first-order valence-electron chi connectivity index (χ1n) is 3.47. The number of hydrogen-bond acceptors (Lipinski definition) is 3. The molecule has 0 N–H and O–H groups in total. The standard InChI is InChI=1S/C7H12O2S/c1-5-3-7(4-10-5)9-6(2)8/h5,7H,3-4H2,1-2H3/t5-,7-/m1/s1. The first-order chi connectivity index (χ1) is 4.68. The van der Waals surface area contributed by atoms with E-state index in [1.807, 2.05) is 11.8 Å². The Morgan fingerprint density at radius 1 is 1.70 bits per heavy atom. The van der Waals surface area contributed by atoms with Gasteiger partial charge in [0, 0.05) is 17.9 Å². The molecule has 58 valence electrons. The summed E-state index contributed by atoms with van der Waals surface area (Å²) in [5, 5.41) is 0.657. The second-order valence-electron chi connectivity index (χ2n) is 2.61. The van der Waals surface area contributed by atoms with Gasteiger partial charge in [-0.3, -0.25) is 4.79 Å². The third-order valence-corrected chi connectivity index (χ3v) is 2.82. The molecule has 1 fully saturated rings. The van der Waals surface area contributed by atoms with Crippen molar-refractivity contribution in [2.45, 2.75) is 31.6 Å². The number of hydrogen-bond donors (Lipinski definition) is 0. The van der Waals surface area contributed by atoms with Gasteiger partial charge in [0.15, 0.2) is 0 Å². The SMILES string of the molecule is CC(=O)O[C@H]1CS[C@H](C)C1. The summed E-state index contributed by atoms with van der Waals surface area (Å²) in [4.78, 5) is 10.5. The molecule has 0 aromatic heterocycles. The molecule has 0 spiro atoms. The van der Waals surface area contributed by atoms with Gasteiger partial charge in [0.05, 0.1) is 0 Å². The third-order valence-electron chi connectivity index (χ3n) is 1.49. The molecule has 3 heteroatoms. The van der Waals surface area contributed by atoms with E-state index in [1.54, 1.807) is 0 Å². The molecule has 2 atom stereocenters. The van der Waals surface area contributed by atoms with Gasteiger partial charge in [0.2, 0.25) is 0 Å². The maximum atomic E-state index is 10.5. The molecule has 1 heterocycles. The fraction of sp³-hybridized carbons (Fsp3) is 0.857. The zero-order valence-corrected chi connectivity index (χ0v) is 7.11. The van der Waals surface area contributed by atoms with E-state index in [-0.39, 0.29) is 12.1 Å². The lowest BCUT2D eigenvalue weighted by atomic mass is 10.2. The predicted molar refractivity (Wildman–Crippen MR) is 42.1 cm³/mol. The lowest BCUT2D eigenvalue weighted by Gasteiger charge is -2.07. The van der Waals surface area contributed by atoms with Crippen LogP contribution < -0.4 is 0 Å². The van der Waals surface area contributed by atoms with Crippen molar-refractivity contribution < 1.29 is 9.53 Å². The van der Waals surface area contributed by atoms with Crippen LogP contribution in [0.4, 0.5) is 0 Å². The van der Waals surface area contributed by atoms with E-state index in [0.717, 1.165) is 12.2 Å². The fourth-order valence-corrected chi connectivity index (χ4v) is 2.19. The first kappa shape index (κ1) is 7.92. The van der Waals surface area contributed by atoms with Crippen LogP contribution in [0.3, 0.4) is 0 Å². The Morgan fingerprint density at radius 3 is 2.80 bits per heavy atom. The van der Waals surface area contributed by atoms with Crippen molar-refractivity contribution in [1.82, 2.24) is 0 Å². The molecule has 0 radical (unpaired) electrons. The van der Waals surface area contributed by atoms with Crippen molar-refractivity contribution in [2.24, 2.45) is 0 Å². The Hall–Kier alpha value is -0.180. The zero-order chi connectivity index (χ0) is 7.56. The monoisotopic (exact) mass is 160 g/mol. The van der Waals surface area contributed by atoms with Gasteiger partial charge in [-0.15, -0.1) is 0 Å². The molecule has 0 aromatic rings. The summed E-state index contributed by atoms with van der Waals surface area (Å²) in [7, 11) is 0. The maximum Gasteiger partial charge on any atom is 0.302 e. The van der Waals surface area contributed by atoms with Crippen molar-refractivity contribution >= 4 is 17.7 Å². The van der Waals surface area contributed by atoms with E-state index >= 15 is 0 Å². The number of carbonyl (C=O) groups excluding carboxylic acids is 1. The lowest BCUT2D eigenvalue weighted by molar-refractivity contribution is -0.145. The molecule has 0 amide bonds. The average Bonchev–Trinajstić information content (AvgIpc) is 2.13. The fourth-order valence-electron chi connectivity index (χ4n) is 1.09. The topological polar surface area (TPSA) is 26.3 Å². The highest BCUT2D eigenvalue weighted by Gasteiger charge is 2.23. The van der Waals surface area contributed by atoms with Gasteiger partial charge >= 0.3 is 5.97 Å². The number of carbonyl (C=O) groups is 1. The molecular formula is C7H12O2S. The maximum absolute atomic E-state index is 10.5. The quantitative estimate of drug-likeness (QED) is 0.543. The summed E-state index contributed by atoms with van der Waals surface area (Å²) >= 11 is 1.87. The minimum absolute atomic E-state index is 0.153. The van der Waals surface area contributed by atoms with Crippen molar-refractivity contribution in [1.29, 1.82) is 0 Å². The van der Waals surface area contributed by atoms with Crippen LogP contribution in [0.15, 0.2) is 0 Å². The molecule has 1 aliphatic rings. The van der Waals surface area contributed by atoms with Crippen LogP contribution in [-0.2, 0) is 9.53 Å². The highest BCUT2D eigenvalue weighted by Crippen LogP contribution is 2.27. The van der Waals surface area contributed by atoms with Gasteiger partial charge in [-0.05, 0) is 6.42 Å². The number of esters is 1. The number of rotatable bonds is 1. The van der Waals surface area contributed by atoms with E-state index in [0.29, 0.717) is 5.25 Å². The second-order valence-corrected chi connectivity index (χ2v) is 4.08. The highest BCUT2D eigenvalue weighted by atomic mass is 32.2. The van der Waals surface area contributed by atoms with E-state index in [9.17, 15) is 4.79 Å². The van der Waals surface area contributed by atoms with Gasteiger partial charge in [0.25, 0.3) is 0 Å². The summed E-state index contributed by atoms with van der Waals surface area (Å²) in [6.07, 6.45) is 1.20. The summed E-state index contributed by atoms with van der Waals surface area (Å²) in [6.45, 7) is 3.63. The van der Waals surface area contributed by atoms with Crippen molar-refractivity contribution in [3.63, 3.8) is 0 Å². The molecule has 10 heavy (non-hydrogen) atoms. The van der Waals surface area contributed by atoms with Crippen LogP contribution in [0.2, 0.25) is 0 Å². The van der Waals surface area contributed by atoms with Crippen molar-refractivity contribution in [3.05, 3.63) is 0 Å². The van der Waals surface area contributed by atoms with E-state index in [4.69, 9.17) is 4.74 Å². The van der Waals surface area contributed by atoms with Gasteiger partial charge in [-0.25, -0.2) is 0 Å². The number of thioether (sulfide) groups is 1. The average molecular weight is 160 g/mol. The summed E-state index contributed by atoms with van der Waals surface area (Å²) < 4.78 is 5.02. The summed E-state index contributed by atoms with van der Waals surface area (Å²) in [6, 6.07) is 0.